The molecular formula is C12H9ClFN7. The van der Waals surface area contributed by atoms with Crippen molar-refractivity contribution in [1.29, 1.82) is 0 Å². The van der Waals surface area contributed by atoms with Crippen LogP contribution in [0.4, 0.5) is 22.0 Å². The molecule has 0 aliphatic rings. The van der Waals surface area contributed by atoms with Gasteiger partial charge in [0.1, 0.15) is 12.1 Å². The van der Waals surface area contributed by atoms with Crippen molar-refractivity contribution in [3.05, 3.63) is 47.8 Å². The van der Waals surface area contributed by atoms with Crippen molar-refractivity contribution in [1.82, 2.24) is 24.5 Å². The maximum absolute atomic E-state index is 13.4. The van der Waals surface area contributed by atoms with Gasteiger partial charge in [0.2, 0.25) is 17.8 Å². The van der Waals surface area contributed by atoms with E-state index in [1.807, 2.05) is 0 Å². The number of hydrogen-bond donors (Lipinski definition) is 2. The first-order valence-corrected chi connectivity index (χ1v) is 6.21. The first-order valence-electron chi connectivity index (χ1n) is 5.84. The fourth-order valence-electron chi connectivity index (χ4n) is 1.63. The molecule has 3 N–H and O–H groups in total. The Labute approximate surface area is 123 Å². The molecular weight excluding hydrogens is 297 g/mol. The summed E-state index contributed by atoms with van der Waals surface area (Å²) in [6.45, 7) is 0. The second-order valence-electron chi connectivity index (χ2n) is 4.04. The molecule has 9 heteroatoms. The number of halogens is 2. The first kappa shape index (κ1) is 13.3. The molecule has 0 bridgehead atoms. The van der Waals surface area contributed by atoms with Crippen LogP contribution in [0.25, 0.3) is 5.95 Å². The average molecular weight is 306 g/mol. The van der Waals surface area contributed by atoms with Crippen LogP contribution in [0.3, 0.4) is 0 Å². The molecule has 0 radical (unpaired) electrons. The summed E-state index contributed by atoms with van der Waals surface area (Å²) in [6, 6.07) is 4.27. The highest BCUT2D eigenvalue weighted by Gasteiger charge is 2.07. The van der Waals surface area contributed by atoms with Gasteiger partial charge in [-0.05, 0) is 18.2 Å². The Morgan fingerprint density at radius 1 is 1.24 bits per heavy atom. The van der Waals surface area contributed by atoms with Gasteiger partial charge in [-0.15, -0.1) is 0 Å². The molecule has 0 atom stereocenters. The van der Waals surface area contributed by atoms with E-state index >= 15 is 0 Å². The molecule has 21 heavy (non-hydrogen) atoms. The molecule has 7 nitrogen and oxygen atoms in total. The lowest BCUT2D eigenvalue weighted by molar-refractivity contribution is 0.629. The number of rotatable bonds is 3. The predicted molar refractivity (Wildman–Crippen MR) is 76.1 cm³/mol. The van der Waals surface area contributed by atoms with Crippen LogP contribution >= 0.6 is 11.6 Å². The molecule has 3 aromatic rings. The lowest BCUT2D eigenvalue weighted by Gasteiger charge is -2.07. The minimum atomic E-state index is -0.543. The van der Waals surface area contributed by atoms with E-state index < -0.39 is 5.82 Å². The SMILES string of the molecule is Nc1nc(Nc2ccc(Cl)c(F)c2)nc(-n2ccnc2)n1. The Balaban J connectivity index is 1.93. The van der Waals surface area contributed by atoms with Crippen molar-refractivity contribution in [2.24, 2.45) is 0 Å². The maximum Gasteiger partial charge on any atom is 0.241 e. The number of benzene rings is 1. The van der Waals surface area contributed by atoms with Gasteiger partial charge in [-0.1, -0.05) is 11.6 Å². The zero-order valence-corrected chi connectivity index (χ0v) is 11.3. The number of aromatic nitrogens is 5. The summed E-state index contributed by atoms with van der Waals surface area (Å²) in [6.07, 6.45) is 4.78. The molecule has 1 aromatic carbocycles. The Hall–Kier alpha value is -2.74. The quantitative estimate of drug-likeness (QED) is 0.770. The molecule has 2 heterocycles. The van der Waals surface area contributed by atoms with Crippen LogP contribution in [0.2, 0.25) is 5.02 Å². The van der Waals surface area contributed by atoms with Crippen LogP contribution in [-0.4, -0.2) is 24.5 Å². The molecule has 0 fully saturated rings. The maximum atomic E-state index is 13.4. The van der Waals surface area contributed by atoms with E-state index in [4.69, 9.17) is 17.3 Å². The normalized spacial score (nSPS) is 10.6. The summed E-state index contributed by atoms with van der Waals surface area (Å²) in [5.74, 6) is -0.0194. The van der Waals surface area contributed by atoms with Gasteiger partial charge in [-0.25, -0.2) is 9.37 Å². The molecule has 106 valence electrons. The smallest absolute Gasteiger partial charge is 0.241 e. The Morgan fingerprint density at radius 3 is 2.81 bits per heavy atom. The Kier molecular flexibility index (Phi) is 3.36. The zero-order valence-electron chi connectivity index (χ0n) is 10.5. The summed E-state index contributed by atoms with van der Waals surface area (Å²) < 4.78 is 15.0. The number of anilines is 3. The minimum absolute atomic E-state index is 0.0330. The Bertz CT molecular complexity index is 775. The van der Waals surface area contributed by atoms with E-state index in [1.54, 1.807) is 23.0 Å². The monoisotopic (exact) mass is 305 g/mol. The third kappa shape index (κ3) is 2.90. The summed E-state index contributed by atoms with van der Waals surface area (Å²) >= 11 is 5.63. The number of nitrogens with two attached hydrogens (primary N) is 1. The molecule has 3 rings (SSSR count). The van der Waals surface area contributed by atoms with E-state index in [0.29, 0.717) is 11.6 Å². The van der Waals surface area contributed by atoms with Crippen LogP contribution < -0.4 is 11.1 Å². The summed E-state index contributed by atoms with van der Waals surface area (Å²) in [5, 5.41) is 2.88. The predicted octanol–water partition coefficient (Wildman–Crippen LogP) is 2.18. The van der Waals surface area contributed by atoms with Crippen LogP contribution in [0.15, 0.2) is 36.9 Å². The second-order valence-corrected chi connectivity index (χ2v) is 4.45. The largest absolute Gasteiger partial charge is 0.368 e. The van der Waals surface area contributed by atoms with Crippen LogP contribution in [-0.2, 0) is 0 Å². The van der Waals surface area contributed by atoms with E-state index in [0.717, 1.165) is 0 Å². The van der Waals surface area contributed by atoms with Crippen LogP contribution in [0.5, 0.6) is 0 Å². The van der Waals surface area contributed by atoms with Gasteiger partial charge in [-0.3, -0.25) is 4.57 Å². The summed E-state index contributed by atoms with van der Waals surface area (Å²) in [5.41, 5.74) is 6.09. The highest BCUT2D eigenvalue weighted by atomic mass is 35.5. The van der Waals surface area contributed by atoms with Gasteiger partial charge in [-0.2, -0.15) is 15.0 Å². The van der Waals surface area contributed by atoms with Crippen molar-refractivity contribution >= 4 is 29.2 Å². The van der Waals surface area contributed by atoms with Gasteiger partial charge in [0.05, 0.1) is 5.02 Å². The fraction of sp³-hybridized carbons (Fsp3) is 0. The lowest BCUT2D eigenvalue weighted by Crippen LogP contribution is -2.08. The van der Waals surface area contributed by atoms with Crippen molar-refractivity contribution in [3.8, 4) is 5.95 Å². The standard InChI is InChI=1S/C12H9ClFN7/c13-8-2-1-7(5-9(8)14)17-11-18-10(15)19-12(20-11)21-4-3-16-6-21/h1-6H,(H3,15,17,18,19,20). The molecule has 0 aliphatic carbocycles. The summed E-state index contributed by atoms with van der Waals surface area (Å²) in [4.78, 5) is 16.0. The third-order valence-electron chi connectivity index (χ3n) is 2.55. The third-order valence-corrected chi connectivity index (χ3v) is 2.86. The zero-order chi connectivity index (χ0) is 14.8. The Morgan fingerprint density at radius 2 is 2.10 bits per heavy atom. The van der Waals surface area contributed by atoms with Crippen molar-refractivity contribution in [3.63, 3.8) is 0 Å². The van der Waals surface area contributed by atoms with Gasteiger partial charge < -0.3 is 11.1 Å². The van der Waals surface area contributed by atoms with Crippen molar-refractivity contribution in [2.45, 2.75) is 0 Å². The van der Waals surface area contributed by atoms with E-state index in [1.165, 1.54) is 18.5 Å². The van der Waals surface area contributed by atoms with Crippen LogP contribution in [0.1, 0.15) is 0 Å². The number of nitrogens with zero attached hydrogens (tertiary/aromatic N) is 5. The topological polar surface area (TPSA) is 94.5 Å². The molecule has 0 saturated carbocycles. The molecule has 0 saturated heterocycles. The van der Waals surface area contributed by atoms with E-state index in [9.17, 15) is 4.39 Å². The number of hydrogen-bond acceptors (Lipinski definition) is 6. The fourth-order valence-corrected chi connectivity index (χ4v) is 1.75. The van der Waals surface area contributed by atoms with Gasteiger partial charge in [0.25, 0.3) is 0 Å². The van der Waals surface area contributed by atoms with Gasteiger partial charge in [0.15, 0.2) is 0 Å². The minimum Gasteiger partial charge on any atom is -0.368 e. The highest BCUT2D eigenvalue weighted by molar-refractivity contribution is 6.30. The number of nitrogens with one attached hydrogen (secondary N) is 1. The lowest BCUT2D eigenvalue weighted by atomic mass is 10.3. The molecule has 0 aliphatic heterocycles. The first-order chi connectivity index (χ1) is 10.1. The van der Waals surface area contributed by atoms with Crippen LogP contribution in [0, 0.1) is 5.82 Å². The molecule has 0 unspecified atom stereocenters. The van der Waals surface area contributed by atoms with E-state index in [-0.39, 0.29) is 16.9 Å². The molecule has 0 amide bonds. The van der Waals surface area contributed by atoms with Gasteiger partial charge >= 0.3 is 0 Å². The van der Waals surface area contributed by atoms with Gasteiger partial charge in [0, 0.05) is 18.1 Å². The second kappa shape index (κ2) is 5.33. The van der Waals surface area contributed by atoms with Crippen molar-refractivity contribution < 1.29 is 4.39 Å². The van der Waals surface area contributed by atoms with Crippen molar-refractivity contribution in [2.75, 3.05) is 11.1 Å². The highest BCUT2D eigenvalue weighted by Crippen LogP contribution is 2.21. The average Bonchev–Trinajstić information content (AvgIpc) is 2.96. The summed E-state index contributed by atoms with van der Waals surface area (Å²) in [7, 11) is 0. The van der Waals surface area contributed by atoms with E-state index in [2.05, 4.69) is 25.3 Å². The number of imidazole rings is 1. The number of nitrogen functional groups attached to an aromatic ring is 1. The molecule has 2 aromatic heterocycles. The molecule has 0 spiro atoms.